The summed E-state index contributed by atoms with van der Waals surface area (Å²) in [5.41, 5.74) is 0. The lowest BCUT2D eigenvalue weighted by Gasteiger charge is -2.19. The molecule has 27 heavy (non-hydrogen) atoms. The van der Waals surface area contributed by atoms with E-state index < -0.39 is 41.9 Å². The lowest BCUT2D eigenvalue weighted by atomic mass is 10.1. The fourth-order valence-electron chi connectivity index (χ4n) is 3.81. The fraction of sp³-hybridized carbons (Fsp3) is 0.722. The topological polar surface area (TPSA) is 116 Å². The molecule has 9 heteroatoms. The van der Waals surface area contributed by atoms with E-state index in [-0.39, 0.29) is 16.9 Å². The van der Waals surface area contributed by atoms with Crippen molar-refractivity contribution < 1.29 is 38.3 Å². The van der Waals surface area contributed by atoms with Gasteiger partial charge in [0.05, 0.1) is 11.8 Å². The third kappa shape index (κ3) is 4.12. The summed E-state index contributed by atoms with van der Waals surface area (Å²) in [5, 5.41) is 0.224. The number of hydrogen-bond acceptors (Lipinski definition) is 8. The van der Waals surface area contributed by atoms with Gasteiger partial charge in [0.25, 0.3) is 0 Å². The van der Waals surface area contributed by atoms with E-state index in [1.54, 1.807) is 0 Å². The molecule has 148 valence electrons. The highest BCUT2D eigenvalue weighted by atomic mass is 16.7. The summed E-state index contributed by atoms with van der Waals surface area (Å²) >= 11 is 0. The van der Waals surface area contributed by atoms with Gasteiger partial charge >= 0.3 is 29.7 Å². The predicted molar refractivity (Wildman–Crippen MR) is 87.3 cm³/mol. The minimum Gasteiger partial charge on any atom is -0.447 e. The molecule has 0 radical (unpaired) electrons. The van der Waals surface area contributed by atoms with Crippen LogP contribution in [0, 0.1) is 11.8 Å². The van der Waals surface area contributed by atoms with Crippen LogP contribution in [0.3, 0.4) is 0 Å². The van der Waals surface area contributed by atoms with Crippen molar-refractivity contribution in [2.45, 2.75) is 70.5 Å². The van der Waals surface area contributed by atoms with Crippen LogP contribution < -0.4 is 0 Å². The number of imide groups is 1. The third-order valence-electron chi connectivity index (χ3n) is 5.25. The molecule has 0 aromatic carbocycles. The fourth-order valence-corrected chi connectivity index (χ4v) is 3.81. The number of hydrogen-bond donors (Lipinski definition) is 0. The van der Waals surface area contributed by atoms with Crippen molar-refractivity contribution in [1.29, 1.82) is 0 Å². The Balaban J connectivity index is 1.75. The molecular formula is C18H23NO8. The van der Waals surface area contributed by atoms with Crippen molar-refractivity contribution >= 4 is 29.7 Å². The van der Waals surface area contributed by atoms with Gasteiger partial charge < -0.3 is 14.3 Å². The Bertz CT molecular complexity index is 600. The number of carbonyl (C=O) groups is 5. The second-order valence-corrected chi connectivity index (χ2v) is 7.23. The first-order valence-electron chi connectivity index (χ1n) is 9.36. The highest BCUT2D eigenvalue weighted by Crippen LogP contribution is 2.30. The smallest absolute Gasteiger partial charge is 0.330 e. The maximum absolute atomic E-state index is 12.5. The monoisotopic (exact) mass is 381 g/mol. The lowest BCUT2D eigenvalue weighted by Crippen LogP contribution is -2.39. The number of ether oxygens (including phenoxy) is 2. The Morgan fingerprint density at radius 3 is 1.48 bits per heavy atom. The second kappa shape index (κ2) is 8.06. The molecule has 1 aliphatic heterocycles. The van der Waals surface area contributed by atoms with Crippen molar-refractivity contribution in [3.63, 3.8) is 0 Å². The van der Waals surface area contributed by atoms with E-state index in [0.717, 1.165) is 32.6 Å². The van der Waals surface area contributed by atoms with E-state index in [1.807, 2.05) is 0 Å². The minimum atomic E-state index is -1.63. The van der Waals surface area contributed by atoms with Crippen molar-refractivity contribution in [2.24, 2.45) is 11.8 Å². The van der Waals surface area contributed by atoms with Crippen LogP contribution in [-0.4, -0.2) is 47.0 Å². The van der Waals surface area contributed by atoms with Crippen LogP contribution in [0.15, 0.2) is 0 Å². The summed E-state index contributed by atoms with van der Waals surface area (Å²) in [6.07, 6.45) is 2.87. The third-order valence-corrected chi connectivity index (χ3v) is 5.25. The average Bonchev–Trinajstić information content (AvgIpc) is 3.36. The molecule has 0 spiro atoms. The first-order chi connectivity index (χ1) is 12.9. The van der Waals surface area contributed by atoms with E-state index >= 15 is 0 Å². The molecule has 3 rings (SSSR count). The molecule has 0 aromatic heterocycles. The van der Waals surface area contributed by atoms with Crippen molar-refractivity contribution in [3.05, 3.63) is 0 Å². The number of esters is 2. The van der Waals surface area contributed by atoms with Gasteiger partial charge in [0.2, 0.25) is 12.2 Å². The standard InChI is InChI=1S/C18H23NO8/c1-10(20)27-19-15(21)13(25-17(23)11-6-2-3-7-11)14(16(19)22)26-18(24)12-8-4-5-9-12/h11-14H,2-9H2,1H3. The highest BCUT2D eigenvalue weighted by molar-refractivity contribution is 6.09. The molecule has 0 aromatic rings. The average molecular weight is 381 g/mol. The van der Waals surface area contributed by atoms with Gasteiger partial charge in [0.15, 0.2) is 0 Å². The summed E-state index contributed by atoms with van der Waals surface area (Å²) in [5.74, 6) is -4.84. The van der Waals surface area contributed by atoms with Gasteiger partial charge in [-0.05, 0) is 25.7 Å². The summed E-state index contributed by atoms with van der Waals surface area (Å²) in [6.45, 7) is 1.03. The van der Waals surface area contributed by atoms with Crippen LogP contribution >= 0.6 is 0 Å². The maximum atomic E-state index is 12.5. The zero-order valence-electron chi connectivity index (χ0n) is 15.2. The van der Waals surface area contributed by atoms with Gasteiger partial charge in [-0.15, -0.1) is 0 Å². The van der Waals surface area contributed by atoms with Crippen LogP contribution in [0.25, 0.3) is 0 Å². The summed E-state index contributed by atoms with van der Waals surface area (Å²) in [6, 6.07) is 0. The molecule has 0 bridgehead atoms. The lowest BCUT2D eigenvalue weighted by molar-refractivity contribution is -0.199. The molecular weight excluding hydrogens is 358 g/mol. The Labute approximate surface area is 156 Å². The zero-order valence-corrected chi connectivity index (χ0v) is 15.2. The molecule has 0 N–H and O–H groups in total. The van der Waals surface area contributed by atoms with Crippen LogP contribution in [0.1, 0.15) is 58.3 Å². The molecule has 9 nitrogen and oxygen atoms in total. The number of carbonyl (C=O) groups excluding carboxylic acids is 5. The van der Waals surface area contributed by atoms with Crippen LogP contribution in [0.5, 0.6) is 0 Å². The number of amides is 2. The molecule has 1 saturated heterocycles. The molecule has 1 heterocycles. The second-order valence-electron chi connectivity index (χ2n) is 7.23. The van der Waals surface area contributed by atoms with E-state index in [1.165, 1.54) is 0 Å². The Kier molecular flexibility index (Phi) is 5.76. The zero-order chi connectivity index (χ0) is 19.6. The van der Waals surface area contributed by atoms with Crippen molar-refractivity contribution in [1.82, 2.24) is 5.06 Å². The molecule has 3 fully saturated rings. The van der Waals surface area contributed by atoms with Gasteiger partial charge in [-0.25, -0.2) is 4.79 Å². The molecule has 3 aliphatic rings. The van der Waals surface area contributed by atoms with E-state index in [2.05, 4.69) is 4.84 Å². The first kappa shape index (κ1) is 19.3. The van der Waals surface area contributed by atoms with Gasteiger partial charge in [-0.3, -0.25) is 19.2 Å². The highest BCUT2D eigenvalue weighted by Gasteiger charge is 2.55. The number of nitrogens with zero attached hydrogens (tertiary/aromatic N) is 1. The van der Waals surface area contributed by atoms with E-state index in [4.69, 9.17) is 9.47 Å². The van der Waals surface area contributed by atoms with Crippen LogP contribution in [0.4, 0.5) is 0 Å². The SMILES string of the molecule is CC(=O)ON1C(=O)C(OC(=O)C2CCCC2)C(OC(=O)C2CCCC2)C1=O. The van der Waals surface area contributed by atoms with Gasteiger partial charge in [0.1, 0.15) is 0 Å². The summed E-state index contributed by atoms with van der Waals surface area (Å²) in [4.78, 5) is 65.4. The van der Waals surface area contributed by atoms with Crippen LogP contribution in [0.2, 0.25) is 0 Å². The Morgan fingerprint density at radius 2 is 1.15 bits per heavy atom. The molecule has 2 atom stereocenters. The van der Waals surface area contributed by atoms with Gasteiger partial charge in [-0.2, -0.15) is 0 Å². The van der Waals surface area contributed by atoms with Crippen molar-refractivity contribution in [2.75, 3.05) is 0 Å². The first-order valence-corrected chi connectivity index (χ1v) is 9.36. The normalized spacial score (nSPS) is 26.5. The largest absolute Gasteiger partial charge is 0.447 e. The predicted octanol–water partition coefficient (Wildman–Crippen LogP) is 1.04. The Hall–Kier alpha value is -2.45. The van der Waals surface area contributed by atoms with Crippen molar-refractivity contribution in [3.8, 4) is 0 Å². The van der Waals surface area contributed by atoms with Gasteiger partial charge in [-0.1, -0.05) is 30.7 Å². The quantitative estimate of drug-likeness (QED) is 0.512. The molecule has 2 amide bonds. The molecule has 2 saturated carbocycles. The van der Waals surface area contributed by atoms with E-state index in [0.29, 0.717) is 25.7 Å². The van der Waals surface area contributed by atoms with Gasteiger partial charge in [0, 0.05) is 6.92 Å². The van der Waals surface area contributed by atoms with Crippen LogP contribution in [-0.2, 0) is 38.3 Å². The number of rotatable bonds is 5. The maximum Gasteiger partial charge on any atom is 0.330 e. The summed E-state index contributed by atoms with van der Waals surface area (Å²) in [7, 11) is 0. The molecule has 2 aliphatic carbocycles. The number of hydroxylamine groups is 2. The summed E-state index contributed by atoms with van der Waals surface area (Å²) < 4.78 is 10.5. The molecule has 2 unspecified atom stereocenters. The Morgan fingerprint density at radius 1 is 0.778 bits per heavy atom. The van der Waals surface area contributed by atoms with E-state index in [9.17, 15) is 24.0 Å². The minimum absolute atomic E-state index is 0.224.